The number of urea groups is 1. The van der Waals surface area contributed by atoms with Gasteiger partial charge in [0.15, 0.2) is 0 Å². The largest absolute Gasteiger partial charge is 0.392 e. The first-order valence-corrected chi connectivity index (χ1v) is 7.30. The van der Waals surface area contributed by atoms with E-state index in [0.717, 1.165) is 11.1 Å². The van der Waals surface area contributed by atoms with Gasteiger partial charge in [0.2, 0.25) is 0 Å². The number of benzene rings is 1. The first-order valence-electron chi connectivity index (χ1n) is 7.30. The molecule has 0 saturated heterocycles. The number of hydrogen-bond donors (Lipinski definition) is 3. The molecule has 0 aliphatic carbocycles. The van der Waals surface area contributed by atoms with Crippen LogP contribution in [-0.4, -0.2) is 41.1 Å². The van der Waals surface area contributed by atoms with E-state index in [1.807, 2.05) is 31.2 Å². The van der Waals surface area contributed by atoms with E-state index >= 15 is 0 Å². The van der Waals surface area contributed by atoms with Gasteiger partial charge in [0.1, 0.15) is 0 Å². The van der Waals surface area contributed by atoms with Gasteiger partial charge in [0.25, 0.3) is 5.91 Å². The Labute approximate surface area is 128 Å². The van der Waals surface area contributed by atoms with Crippen molar-refractivity contribution in [2.24, 2.45) is 0 Å². The molecule has 2 heterocycles. The van der Waals surface area contributed by atoms with Crippen LogP contribution in [0.5, 0.6) is 0 Å². The van der Waals surface area contributed by atoms with Gasteiger partial charge in [-0.1, -0.05) is 29.8 Å². The molecule has 0 radical (unpaired) electrons. The molecule has 0 fully saturated rings. The van der Waals surface area contributed by atoms with Crippen molar-refractivity contribution in [3.8, 4) is 0 Å². The maximum Gasteiger partial charge on any atom is 0.319 e. The zero-order valence-corrected chi connectivity index (χ0v) is 12.6. The van der Waals surface area contributed by atoms with Crippen molar-refractivity contribution in [1.82, 2.24) is 15.5 Å². The smallest absolute Gasteiger partial charge is 0.319 e. The zero-order chi connectivity index (χ0) is 15.9. The Kier molecular flexibility index (Phi) is 3.62. The van der Waals surface area contributed by atoms with Gasteiger partial charge in [-0.15, -0.1) is 0 Å². The number of nitrogens with zero attached hydrogens (tertiary/aromatic N) is 1. The molecule has 0 aromatic heterocycles. The minimum atomic E-state index is -0.605. The van der Waals surface area contributed by atoms with Crippen molar-refractivity contribution in [2.45, 2.75) is 26.0 Å². The van der Waals surface area contributed by atoms with Gasteiger partial charge in [-0.25, -0.2) is 4.79 Å². The first kappa shape index (κ1) is 14.6. The molecule has 2 aliphatic heterocycles. The third-order valence-electron chi connectivity index (χ3n) is 3.92. The molecule has 22 heavy (non-hydrogen) atoms. The lowest BCUT2D eigenvalue weighted by molar-refractivity contribution is -0.126. The molecule has 1 aromatic rings. The second-order valence-corrected chi connectivity index (χ2v) is 5.87. The van der Waals surface area contributed by atoms with E-state index in [9.17, 15) is 14.7 Å². The summed E-state index contributed by atoms with van der Waals surface area (Å²) in [5.74, 6) is -0.144. The monoisotopic (exact) mass is 301 g/mol. The van der Waals surface area contributed by atoms with E-state index in [1.165, 1.54) is 0 Å². The molecule has 6 heteroatoms. The highest BCUT2D eigenvalue weighted by molar-refractivity contribution is 6.01. The minimum Gasteiger partial charge on any atom is -0.392 e. The van der Waals surface area contributed by atoms with Crippen molar-refractivity contribution in [3.05, 3.63) is 46.7 Å². The normalized spacial score (nSPS) is 22.3. The Morgan fingerprint density at radius 2 is 2.00 bits per heavy atom. The molecule has 2 atom stereocenters. The molecule has 0 saturated carbocycles. The van der Waals surface area contributed by atoms with Crippen molar-refractivity contribution >= 4 is 11.9 Å². The number of hydrogen-bond acceptors (Lipinski definition) is 3. The van der Waals surface area contributed by atoms with Crippen LogP contribution in [0.15, 0.2) is 35.5 Å². The number of β-amino-alcohol motifs (C(OH)–C–C–N with tert-alkyl or cyclic N) is 1. The fourth-order valence-corrected chi connectivity index (χ4v) is 2.90. The number of aliphatic hydroxyl groups is 1. The van der Waals surface area contributed by atoms with E-state index in [0.29, 0.717) is 17.8 Å². The van der Waals surface area contributed by atoms with E-state index in [2.05, 4.69) is 10.6 Å². The highest BCUT2D eigenvalue weighted by atomic mass is 16.3. The van der Waals surface area contributed by atoms with Gasteiger partial charge in [-0.3, -0.25) is 4.79 Å². The maximum absolute atomic E-state index is 12.6. The molecule has 3 rings (SSSR count). The van der Waals surface area contributed by atoms with Gasteiger partial charge in [-0.2, -0.15) is 0 Å². The third-order valence-corrected chi connectivity index (χ3v) is 3.92. The molecule has 0 bridgehead atoms. The first-order chi connectivity index (χ1) is 10.5. The van der Waals surface area contributed by atoms with Gasteiger partial charge in [0, 0.05) is 6.54 Å². The number of nitrogens with one attached hydrogen (secondary N) is 2. The van der Waals surface area contributed by atoms with Crippen LogP contribution in [0.1, 0.15) is 24.1 Å². The number of aryl methyl sites for hydroxylation is 1. The molecule has 0 spiro atoms. The van der Waals surface area contributed by atoms with Crippen LogP contribution >= 0.6 is 0 Å². The SMILES string of the molecule is Cc1ccc([C@H]2NC(=O)NC3=C2C(=O)N(C[C@H](C)O)C3)cc1. The molecule has 3 N–H and O–H groups in total. The zero-order valence-electron chi connectivity index (χ0n) is 12.6. The lowest BCUT2D eigenvalue weighted by atomic mass is 9.95. The number of carbonyl (C=O) groups is 2. The van der Waals surface area contributed by atoms with Crippen molar-refractivity contribution < 1.29 is 14.7 Å². The highest BCUT2D eigenvalue weighted by Crippen LogP contribution is 2.32. The predicted molar refractivity (Wildman–Crippen MR) is 80.9 cm³/mol. The Bertz CT molecular complexity index is 649. The number of aliphatic hydroxyl groups excluding tert-OH is 1. The minimum absolute atomic E-state index is 0.144. The third kappa shape index (κ3) is 2.57. The fourth-order valence-electron chi connectivity index (χ4n) is 2.90. The summed E-state index contributed by atoms with van der Waals surface area (Å²) < 4.78 is 0. The quantitative estimate of drug-likeness (QED) is 0.773. The van der Waals surface area contributed by atoms with Gasteiger partial charge >= 0.3 is 6.03 Å². The summed E-state index contributed by atoms with van der Waals surface area (Å²) >= 11 is 0. The summed E-state index contributed by atoms with van der Waals surface area (Å²) in [5.41, 5.74) is 3.18. The summed E-state index contributed by atoms with van der Waals surface area (Å²) in [4.78, 5) is 26.0. The van der Waals surface area contributed by atoms with Crippen LogP contribution in [-0.2, 0) is 4.79 Å². The van der Waals surface area contributed by atoms with Gasteiger partial charge in [-0.05, 0) is 19.4 Å². The summed E-state index contributed by atoms with van der Waals surface area (Å²) in [6.07, 6.45) is -0.605. The molecular formula is C16H19N3O3. The molecule has 3 amide bonds. The Morgan fingerprint density at radius 3 is 2.64 bits per heavy atom. The van der Waals surface area contributed by atoms with Crippen LogP contribution in [0, 0.1) is 6.92 Å². The lowest BCUT2D eigenvalue weighted by Gasteiger charge is -2.25. The van der Waals surface area contributed by atoms with E-state index in [4.69, 9.17) is 0 Å². The van der Waals surface area contributed by atoms with Crippen LogP contribution in [0.2, 0.25) is 0 Å². The van der Waals surface area contributed by atoms with Gasteiger partial charge < -0.3 is 20.6 Å². The Balaban J connectivity index is 1.94. The standard InChI is InChI=1S/C16H19N3O3/c1-9-3-5-11(6-4-9)14-13-12(17-16(22)18-14)8-19(15(13)21)7-10(2)20/h3-6,10,14,20H,7-8H2,1-2H3,(H2,17,18,22)/t10-,14+/m0/s1. The van der Waals surface area contributed by atoms with Crippen LogP contribution in [0.3, 0.4) is 0 Å². The molecule has 2 aliphatic rings. The Hall–Kier alpha value is -2.34. The second kappa shape index (κ2) is 5.46. The Morgan fingerprint density at radius 1 is 1.32 bits per heavy atom. The predicted octanol–water partition coefficient (Wildman–Crippen LogP) is 0.826. The number of rotatable bonds is 3. The topological polar surface area (TPSA) is 81.7 Å². The van der Waals surface area contributed by atoms with Crippen LogP contribution in [0.4, 0.5) is 4.79 Å². The summed E-state index contributed by atoms with van der Waals surface area (Å²) in [6, 6.07) is 6.99. The van der Waals surface area contributed by atoms with Gasteiger partial charge in [0.05, 0.1) is 30.0 Å². The average Bonchev–Trinajstić information content (AvgIpc) is 2.74. The number of carbonyl (C=O) groups excluding carboxylic acids is 2. The molecule has 116 valence electrons. The lowest BCUT2D eigenvalue weighted by Crippen LogP contribution is -2.44. The summed E-state index contributed by atoms with van der Waals surface area (Å²) in [6.45, 7) is 4.20. The average molecular weight is 301 g/mol. The maximum atomic E-state index is 12.6. The van der Waals surface area contributed by atoms with Crippen molar-refractivity contribution in [1.29, 1.82) is 0 Å². The van der Waals surface area contributed by atoms with Crippen molar-refractivity contribution in [2.75, 3.05) is 13.1 Å². The van der Waals surface area contributed by atoms with Crippen LogP contribution in [0.25, 0.3) is 0 Å². The molecular weight excluding hydrogens is 282 g/mol. The van der Waals surface area contributed by atoms with E-state index in [1.54, 1.807) is 11.8 Å². The molecule has 6 nitrogen and oxygen atoms in total. The van der Waals surface area contributed by atoms with Crippen LogP contribution < -0.4 is 10.6 Å². The second-order valence-electron chi connectivity index (χ2n) is 5.87. The summed E-state index contributed by atoms with van der Waals surface area (Å²) in [5, 5.41) is 15.0. The van der Waals surface area contributed by atoms with E-state index < -0.39 is 12.1 Å². The van der Waals surface area contributed by atoms with Crippen molar-refractivity contribution in [3.63, 3.8) is 0 Å². The summed E-state index contributed by atoms with van der Waals surface area (Å²) in [7, 11) is 0. The number of amides is 3. The molecule has 1 aromatic carbocycles. The highest BCUT2D eigenvalue weighted by Gasteiger charge is 2.40. The molecule has 0 unspecified atom stereocenters. The fraction of sp³-hybridized carbons (Fsp3) is 0.375. The van der Waals surface area contributed by atoms with E-state index in [-0.39, 0.29) is 18.5 Å².